The van der Waals surface area contributed by atoms with Gasteiger partial charge in [-0.2, -0.15) is 0 Å². The molecule has 3 rings (SSSR count). The summed E-state index contributed by atoms with van der Waals surface area (Å²) < 4.78 is 0. The van der Waals surface area contributed by atoms with Crippen molar-refractivity contribution in [2.24, 2.45) is 5.73 Å². The lowest BCUT2D eigenvalue weighted by Crippen LogP contribution is -2.28. The van der Waals surface area contributed by atoms with E-state index in [9.17, 15) is 4.79 Å². The highest BCUT2D eigenvalue weighted by Crippen LogP contribution is 2.28. The smallest absolute Gasteiger partial charge is 0.258 e. The Morgan fingerprint density at radius 3 is 2.85 bits per heavy atom. The van der Waals surface area contributed by atoms with Gasteiger partial charge in [-0.15, -0.1) is 0 Å². The highest BCUT2D eigenvalue weighted by molar-refractivity contribution is 6.07. The quantitative estimate of drug-likeness (QED) is 0.927. The number of rotatable bonds is 3. The number of hydrogen-bond donors (Lipinski definition) is 1. The van der Waals surface area contributed by atoms with Crippen molar-refractivity contribution in [3.05, 3.63) is 65.2 Å². The standard InChI is InChI=1S/C17H18N2O/c18-10-8-13-4-3-6-15(12-13)17(20)19-11-9-14-5-1-2-7-16(14)19/h1-7,12H,8-11,18H2. The highest BCUT2D eigenvalue weighted by atomic mass is 16.2. The van der Waals surface area contributed by atoms with Crippen molar-refractivity contribution >= 4 is 11.6 Å². The number of fused-ring (bicyclic) bond motifs is 1. The van der Waals surface area contributed by atoms with Gasteiger partial charge in [0, 0.05) is 17.8 Å². The summed E-state index contributed by atoms with van der Waals surface area (Å²) in [5.74, 6) is 0.0776. The zero-order chi connectivity index (χ0) is 13.9. The topological polar surface area (TPSA) is 46.3 Å². The van der Waals surface area contributed by atoms with Gasteiger partial charge in [0.15, 0.2) is 0 Å². The molecular weight excluding hydrogens is 248 g/mol. The van der Waals surface area contributed by atoms with Gasteiger partial charge in [0.1, 0.15) is 0 Å². The van der Waals surface area contributed by atoms with Crippen LogP contribution in [0.15, 0.2) is 48.5 Å². The summed E-state index contributed by atoms with van der Waals surface area (Å²) in [6.07, 6.45) is 1.74. The molecule has 0 unspecified atom stereocenters. The predicted octanol–water partition coefficient (Wildman–Crippen LogP) is 2.39. The molecule has 0 bridgehead atoms. The second kappa shape index (κ2) is 5.47. The molecule has 1 amide bonds. The Morgan fingerprint density at radius 1 is 1.15 bits per heavy atom. The number of anilines is 1. The maximum atomic E-state index is 12.7. The molecule has 20 heavy (non-hydrogen) atoms. The molecule has 0 saturated heterocycles. The molecule has 3 heteroatoms. The van der Waals surface area contributed by atoms with Crippen LogP contribution in [0.1, 0.15) is 21.5 Å². The first-order valence-corrected chi connectivity index (χ1v) is 6.98. The third kappa shape index (κ3) is 2.32. The first kappa shape index (κ1) is 12.9. The zero-order valence-corrected chi connectivity index (χ0v) is 11.4. The Labute approximate surface area is 119 Å². The molecule has 1 aliphatic heterocycles. The largest absolute Gasteiger partial charge is 0.330 e. The van der Waals surface area contributed by atoms with Crippen LogP contribution in [0.25, 0.3) is 0 Å². The first-order chi connectivity index (χ1) is 9.79. The molecule has 0 saturated carbocycles. The van der Waals surface area contributed by atoms with Gasteiger partial charge in [-0.05, 0) is 48.7 Å². The maximum absolute atomic E-state index is 12.7. The van der Waals surface area contributed by atoms with Crippen molar-refractivity contribution in [1.82, 2.24) is 0 Å². The Hall–Kier alpha value is -2.13. The predicted molar refractivity (Wildman–Crippen MR) is 81.0 cm³/mol. The number of nitrogens with two attached hydrogens (primary N) is 1. The Kier molecular flexibility index (Phi) is 3.52. The molecule has 1 aliphatic rings. The van der Waals surface area contributed by atoms with Crippen LogP contribution in [0.2, 0.25) is 0 Å². The number of hydrogen-bond acceptors (Lipinski definition) is 2. The average Bonchev–Trinajstić information content (AvgIpc) is 2.91. The summed E-state index contributed by atoms with van der Waals surface area (Å²) >= 11 is 0. The van der Waals surface area contributed by atoms with Crippen LogP contribution in [0.4, 0.5) is 5.69 Å². The van der Waals surface area contributed by atoms with E-state index in [4.69, 9.17) is 5.73 Å². The van der Waals surface area contributed by atoms with Gasteiger partial charge in [-0.3, -0.25) is 4.79 Å². The lowest BCUT2D eigenvalue weighted by Gasteiger charge is -2.17. The third-order valence-electron chi connectivity index (χ3n) is 3.74. The summed E-state index contributed by atoms with van der Waals surface area (Å²) in [5, 5.41) is 0. The summed E-state index contributed by atoms with van der Waals surface area (Å²) in [5.41, 5.74) is 9.73. The molecule has 0 radical (unpaired) electrons. The molecule has 2 N–H and O–H groups in total. The van der Waals surface area contributed by atoms with Crippen LogP contribution in [-0.2, 0) is 12.8 Å². The first-order valence-electron chi connectivity index (χ1n) is 6.98. The van der Waals surface area contributed by atoms with Crippen LogP contribution >= 0.6 is 0 Å². The maximum Gasteiger partial charge on any atom is 0.258 e. The van der Waals surface area contributed by atoms with E-state index in [2.05, 4.69) is 6.07 Å². The number of carbonyl (C=O) groups excluding carboxylic acids is 1. The summed E-state index contributed by atoms with van der Waals surface area (Å²) in [6, 6.07) is 15.9. The highest BCUT2D eigenvalue weighted by Gasteiger charge is 2.24. The fraction of sp³-hybridized carbons (Fsp3) is 0.235. The van der Waals surface area contributed by atoms with Crippen LogP contribution in [0.3, 0.4) is 0 Å². The van der Waals surface area contributed by atoms with Gasteiger partial charge in [-0.25, -0.2) is 0 Å². The molecule has 3 nitrogen and oxygen atoms in total. The number of amides is 1. The van der Waals surface area contributed by atoms with E-state index in [-0.39, 0.29) is 5.91 Å². The Morgan fingerprint density at radius 2 is 2.00 bits per heavy atom. The zero-order valence-electron chi connectivity index (χ0n) is 11.4. The molecule has 1 heterocycles. The molecule has 2 aromatic rings. The van der Waals surface area contributed by atoms with E-state index in [1.54, 1.807) is 0 Å². The van der Waals surface area contributed by atoms with E-state index >= 15 is 0 Å². The van der Waals surface area contributed by atoms with E-state index in [0.717, 1.165) is 36.2 Å². The van der Waals surface area contributed by atoms with Crippen LogP contribution in [0.5, 0.6) is 0 Å². The van der Waals surface area contributed by atoms with Gasteiger partial charge in [-0.1, -0.05) is 30.3 Å². The minimum absolute atomic E-state index is 0.0776. The van der Waals surface area contributed by atoms with E-state index in [1.807, 2.05) is 47.4 Å². The van der Waals surface area contributed by atoms with Crippen molar-refractivity contribution in [3.63, 3.8) is 0 Å². The van der Waals surface area contributed by atoms with E-state index in [1.165, 1.54) is 5.56 Å². The van der Waals surface area contributed by atoms with Crippen molar-refractivity contribution in [2.45, 2.75) is 12.8 Å². The molecule has 0 spiro atoms. The van der Waals surface area contributed by atoms with Crippen molar-refractivity contribution in [3.8, 4) is 0 Å². The van der Waals surface area contributed by atoms with E-state index < -0.39 is 0 Å². The average molecular weight is 266 g/mol. The molecule has 0 fully saturated rings. The number of carbonyl (C=O) groups is 1. The van der Waals surface area contributed by atoms with Gasteiger partial charge >= 0.3 is 0 Å². The van der Waals surface area contributed by atoms with Gasteiger partial charge < -0.3 is 10.6 Å². The Bertz CT molecular complexity index is 636. The third-order valence-corrected chi connectivity index (χ3v) is 3.74. The normalized spacial score (nSPS) is 13.3. The minimum Gasteiger partial charge on any atom is -0.330 e. The molecule has 102 valence electrons. The van der Waals surface area contributed by atoms with Crippen molar-refractivity contribution in [2.75, 3.05) is 18.0 Å². The lowest BCUT2D eigenvalue weighted by atomic mass is 10.1. The fourth-order valence-corrected chi connectivity index (χ4v) is 2.73. The number of nitrogens with zero attached hydrogens (tertiary/aromatic N) is 1. The van der Waals surface area contributed by atoms with Gasteiger partial charge in [0.25, 0.3) is 5.91 Å². The molecule has 0 aliphatic carbocycles. The van der Waals surface area contributed by atoms with Crippen LogP contribution in [0, 0.1) is 0 Å². The molecule has 0 atom stereocenters. The molecular formula is C17H18N2O. The van der Waals surface area contributed by atoms with Crippen molar-refractivity contribution in [1.29, 1.82) is 0 Å². The SMILES string of the molecule is NCCc1cccc(C(=O)N2CCc3ccccc32)c1. The second-order valence-electron chi connectivity index (χ2n) is 5.07. The van der Waals surface area contributed by atoms with E-state index in [0.29, 0.717) is 6.54 Å². The number of para-hydroxylation sites is 1. The summed E-state index contributed by atoms with van der Waals surface area (Å²) in [4.78, 5) is 14.5. The summed E-state index contributed by atoms with van der Waals surface area (Å²) in [7, 11) is 0. The van der Waals surface area contributed by atoms with Crippen molar-refractivity contribution < 1.29 is 4.79 Å². The monoisotopic (exact) mass is 266 g/mol. The molecule has 2 aromatic carbocycles. The molecule has 0 aromatic heterocycles. The van der Waals surface area contributed by atoms with Crippen LogP contribution in [-0.4, -0.2) is 19.0 Å². The summed E-state index contributed by atoms with van der Waals surface area (Å²) in [6.45, 7) is 1.36. The van der Waals surface area contributed by atoms with Gasteiger partial charge in [0.05, 0.1) is 0 Å². The van der Waals surface area contributed by atoms with Gasteiger partial charge in [0.2, 0.25) is 0 Å². The lowest BCUT2D eigenvalue weighted by molar-refractivity contribution is 0.0989. The fourth-order valence-electron chi connectivity index (χ4n) is 2.73. The second-order valence-corrected chi connectivity index (χ2v) is 5.07. The number of benzene rings is 2. The minimum atomic E-state index is 0.0776. The Balaban J connectivity index is 1.89. The van der Waals surface area contributed by atoms with Crippen LogP contribution < -0.4 is 10.6 Å².